The molecule has 3 atom stereocenters. The van der Waals surface area contributed by atoms with E-state index in [9.17, 15) is 4.79 Å². The van der Waals surface area contributed by atoms with E-state index in [2.05, 4.69) is 10.2 Å². The van der Waals surface area contributed by atoms with Crippen LogP contribution in [0.3, 0.4) is 0 Å². The van der Waals surface area contributed by atoms with Crippen LogP contribution in [-0.4, -0.2) is 65.5 Å². The van der Waals surface area contributed by atoms with Crippen LogP contribution in [0.1, 0.15) is 28.8 Å². The van der Waals surface area contributed by atoms with E-state index in [1.54, 1.807) is 24.3 Å². The average Bonchev–Trinajstić information content (AvgIpc) is 2.96. The summed E-state index contributed by atoms with van der Waals surface area (Å²) in [6.07, 6.45) is 1.65. The smallest absolute Gasteiger partial charge is 0.251 e. The maximum atomic E-state index is 12.3. The summed E-state index contributed by atoms with van der Waals surface area (Å²) in [4.78, 5) is 14.7. The number of aliphatic hydroxyl groups excluding tert-OH is 2. The summed E-state index contributed by atoms with van der Waals surface area (Å²) in [5.74, 6) is -0.0767. The van der Waals surface area contributed by atoms with Crippen LogP contribution in [0.15, 0.2) is 24.3 Å². The van der Waals surface area contributed by atoms with Gasteiger partial charge in [-0.3, -0.25) is 9.69 Å². The molecule has 2 saturated heterocycles. The lowest BCUT2D eigenvalue weighted by atomic mass is 10.1. The van der Waals surface area contributed by atoms with Crippen LogP contribution in [-0.2, 0) is 11.3 Å². The van der Waals surface area contributed by atoms with Crippen LogP contribution in [0.25, 0.3) is 0 Å². The van der Waals surface area contributed by atoms with Gasteiger partial charge in [0, 0.05) is 37.3 Å². The van der Waals surface area contributed by atoms with Gasteiger partial charge in [-0.1, -0.05) is 12.1 Å². The number of fused-ring (bicyclic) bond motifs is 1. The molecular formula is C17H24N2O4. The Hall–Kier alpha value is -1.47. The minimum absolute atomic E-state index is 0.0177. The first-order chi connectivity index (χ1) is 11.2. The summed E-state index contributed by atoms with van der Waals surface area (Å²) in [6.45, 7) is 2.45. The first-order valence-electron chi connectivity index (χ1n) is 8.16. The van der Waals surface area contributed by atoms with Crippen LogP contribution in [0, 0.1) is 0 Å². The molecule has 2 heterocycles. The number of benzene rings is 1. The zero-order valence-electron chi connectivity index (χ0n) is 13.1. The van der Waals surface area contributed by atoms with Crippen molar-refractivity contribution in [2.75, 3.05) is 26.3 Å². The van der Waals surface area contributed by atoms with E-state index in [1.807, 2.05) is 0 Å². The molecule has 0 aliphatic carbocycles. The molecule has 2 aliphatic rings. The Morgan fingerprint density at radius 2 is 2.04 bits per heavy atom. The summed E-state index contributed by atoms with van der Waals surface area (Å²) < 4.78 is 5.76. The Morgan fingerprint density at radius 1 is 1.26 bits per heavy atom. The summed E-state index contributed by atoms with van der Waals surface area (Å²) in [5, 5.41) is 21.2. The van der Waals surface area contributed by atoms with E-state index in [-0.39, 0.29) is 31.3 Å². The van der Waals surface area contributed by atoms with Crippen molar-refractivity contribution in [3.63, 3.8) is 0 Å². The van der Waals surface area contributed by atoms with Crippen molar-refractivity contribution in [1.29, 1.82) is 0 Å². The largest absolute Gasteiger partial charge is 0.396 e. The van der Waals surface area contributed by atoms with Gasteiger partial charge >= 0.3 is 0 Å². The average molecular weight is 320 g/mol. The normalized spacial score (nSPS) is 27.7. The van der Waals surface area contributed by atoms with Gasteiger partial charge in [0.05, 0.1) is 19.3 Å². The predicted octanol–water partition coefficient (Wildman–Crippen LogP) is 0.133. The molecule has 1 amide bonds. The van der Waals surface area contributed by atoms with Gasteiger partial charge < -0.3 is 20.3 Å². The topological polar surface area (TPSA) is 82.0 Å². The fraction of sp³-hybridized carbons (Fsp3) is 0.588. The molecule has 0 radical (unpaired) electrons. The second-order valence-corrected chi connectivity index (χ2v) is 6.34. The summed E-state index contributed by atoms with van der Waals surface area (Å²) in [5.41, 5.74) is 1.41. The molecule has 0 aromatic heterocycles. The quantitative estimate of drug-likeness (QED) is 0.719. The van der Waals surface area contributed by atoms with Crippen molar-refractivity contribution in [3.8, 4) is 0 Å². The van der Waals surface area contributed by atoms with E-state index >= 15 is 0 Å². The third-order valence-electron chi connectivity index (χ3n) is 4.68. The van der Waals surface area contributed by atoms with Crippen LogP contribution in [0.4, 0.5) is 0 Å². The minimum Gasteiger partial charge on any atom is -0.396 e. The highest BCUT2D eigenvalue weighted by molar-refractivity contribution is 5.94. The molecule has 1 aromatic rings. The van der Waals surface area contributed by atoms with E-state index in [0.717, 1.165) is 25.1 Å². The lowest BCUT2D eigenvalue weighted by Gasteiger charge is -2.34. The first-order valence-corrected chi connectivity index (χ1v) is 8.16. The van der Waals surface area contributed by atoms with Gasteiger partial charge in [-0.05, 0) is 30.5 Å². The number of amides is 1. The molecule has 2 fully saturated rings. The van der Waals surface area contributed by atoms with Crippen LogP contribution in [0.5, 0.6) is 0 Å². The number of ether oxygens (including phenoxy) is 1. The second-order valence-electron chi connectivity index (χ2n) is 6.34. The van der Waals surface area contributed by atoms with E-state index < -0.39 is 0 Å². The Labute approximate surface area is 136 Å². The standard InChI is InChI=1S/C17H24N2O4/c20-6-5-16-9-19-8-14(7-15(19)11-23-16)18-17(22)13-3-1-12(10-21)2-4-13/h1-4,14-16,20-21H,5-11H2,(H,18,22)/t14-,15-,16-/m0/s1. The molecule has 6 heteroatoms. The number of hydrogen-bond acceptors (Lipinski definition) is 5. The molecule has 0 unspecified atom stereocenters. The van der Waals surface area contributed by atoms with Gasteiger partial charge in [0.2, 0.25) is 0 Å². The molecular weight excluding hydrogens is 296 g/mol. The molecule has 3 N–H and O–H groups in total. The third kappa shape index (κ3) is 3.90. The van der Waals surface area contributed by atoms with Gasteiger partial charge in [0.1, 0.15) is 0 Å². The third-order valence-corrected chi connectivity index (χ3v) is 4.68. The lowest BCUT2D eigenvalue weighted by Crippen LogP contribution is -2.46. The Bertz CT molecular complexity index is 534. The molecule has 3 rings (SSSR count). The molecule has 0 spiro atoms. The fourth-order valence-corrected chi connectivity index (χ4v) is 3.40. The molecule has 1 aromatic carbocycles. The van der Waals surface area contributed by atoms with Crippen LogP contribution < -0.4 is 5.32 Å². The molecule has 2 aliphatic heterocycles. The van der Waals surface area contributed by atoms with E-state index in [4.69, 9.17) is 14.9 Å². The molecule has 6 nitrogen and oxygen atoms in total. The monoisotopic (exact) mass is 320 g/mol. The summed E-state index contributed by atoms with van der Waals surface area (Å²) >= 11 is 0. The number of nitrogens with zero attached hydrogens (tertiary/aromatic N) is 1. The van der Waals surface area contributed by atoms with Gasteiger partial charge in [0.15, 0.2) is 0 Å². The predicted molar refractivity (Wildman–Crippen MR) is 85.0 cm³/mol. The minimum atomic E-state index is -0.0767. The highest BCUT2D eigenvalue weighted by atomic mass is 16.5. The SMILES string of the molecule is O=C(N[C@H]1C[C@H]2CO[C@@H](CCO)CN2C1)c1ccc(CO)cc1. The molecule has 126 valence electrons. The van der Waals surface area contributed by atoms with Crippen molar-refractivity contribution >= 4 is 5.91 Å². The van der Waals surface area contributed by atoms with Crippen molar-refractivity contribution in [1.82, 2.24) is 10.2 Å². The van der Waals surface area contributed by atoms with Crippen molar-refractivity contribution in [2.24, 2.45) is 0 Å². The first kappa shape index (κ1) is 16.4. The van der Waals surface area contributed by atoms with Crippen LogP contribution in [0.2, 0.25) is 0 Å². The van der Waals surface area contributed by atoms with E-state index in [1.165, 1.54) is 0 Å². The highest BCUT2D eigenvalue weighted by Gasteiger charge is 2.37. The molecule has 0 bridgehead atoms. The van der Waals surface area contributed by atoms with E-state index in [0.29, 0.717) is 24.6 Å². The van der Waals surface area contributed by atoms with Gasteiger partial charge in [-0.25, -0.2) is 0 Å². The maximum absolute atomic E-state index is 12.3. The summed E-state index contributed by atoms with van der Waals surface area (Å²) in [6, 6.07) is 7.49. The van der Waals surface area contributed by atoms with Crippen molar-refractivity contribution in [3.05, 3.63) is 35.4 Å². The zero-order chi connectivity index (χ0) is 16.2. The number of nitrogens with one attached hydrogen (secondary N) is 1. The summed E-state index contributed by atoms with van der Waals surface area (Å²) in [7, 11) is 0. The number of aliphatic hydroxyl groups is 2. The number of morpholine rings is 1. The number of carbonyl (C=O) groups excluding carboxylic acids is 1. The Morgan fingerprint density at radius 3 is 2.74 bits per heavy atom. The van der Waals surface area contributed by atoms with Crippen molar-refractivity contribution in [2.45, 2.75) is 37.6 Å². The number of hydrogen-bond donors (Lipinski definition) is 3. The zero-order valence-corrected chi connectivity index (χ0v) is 13.1. The van der Waals surface area contributed by atoms with Gasteiger partial charge in [-0.2, -0.15) is 0 Å². The number of carbonyl (C=O) groups is 1. The van der Waals surface area contributed by atoms with Gasteiger partial charge in [0.25, 0.3) is 5.91 Å². The van der Waals surface area contributed by atoms with Crippen LogP contribution >= 0.6 is 0 Å². The van der Waals surface area contributed by atoms with Crippen molar-refractivity contribution < 1.29 is 19.7 Å². The highest BCUT2D eigenvalue weighted by Crippen LogP contribution is 2.24. The molecule has 23 heavy (non-hydrogen) atoms. The Kier molecular flexibility index (Phi) is 5.27. The lowest BCUT2D eigenvalue weighted by molar-refractivity contribution is -0.0566. The fourth-order valence-electron chi connectivity index (χ4n) is 3.40. The maximum Gasteiger partial charge on any atom is 0.251 e. The molecule has 0 saturated carbocycles. The van der Waals surface area contributed by atoms with Gasteiger partial charge in [-0.15, -0.1) is 0 Å². The Balaban J connectivity index is 1.54. The number of rotatable bonds is 5. The second kappa shape index (κ2) is 7.40.